The number of rotatable bonds is 3. The van der Waals surface area contributed by atoms with E-state index >= 15 is 0 Å². The van der Waals surface area contributed by atoms with E-state index < -0.39 is 11.9 Å². The molecule has 1 aliphatic rings. The lowest BCUT2D eigenvalue weighted by Gasteiger charge is -2.21. The Morgan fingerprint density at radius 2 is 1.77 bits per heavy atom. The highest BCUT2D eigenvalue weighted by molar-refractivity contribution is 5.95. The van der Waals surface area contributed by atoms with Gasteiger partial charge in [-0.1, -0.05) is 6.92 Å². The Labute approximate surface area is 130 Å². The summed E-state index contributed by atoms with van der Waals surface area (Å²) >= 11 is 0. The van der Waals surface area contributed by atoms with Crippen LogP contribution in [-0.2, 0) is 4.79 Å². The molecule has 0 unspecified atom stereocenters. The van der Waals surface area contributed by atoms with Crippen LogP contribution in [0, 0.1) is 11.8 Å². The van der Waals surface area contributed by atoms with Gasteiger partial charge < -0.3 is 14.7 Å². The average molecular weight is 305 g/mol. The highest BCUT2D eigenvalue weighted by Crippen LogP contribution is 2.25. The van der Waals surface area contributed by atoms with Crippen molar-refractivity contribution in [1.82, 2.24) is 4.90 Å². The van der Waals surface area contributed by atoms with Crippen LogP contribution >= 0.6 is 0 Å². The zero-order valence-electron chi connectivity index (χ0n) is 13.5. The maximum Gasteiger partial charge on any atom is 0.308 e. The lowest BCUT2D eigenvalue weighted by molar-refractivity contribution is -0.142. The summed E-state index contributed by atoms with van der Waals surface area (Å²) < 4.78 is 5.72. The maximum absolute atomic E-state index is 12.4. The number of amides is 1. The molecule has 5 heteroatoms. The van der Waals surface area contributed by atoms with Gasteiger partial charge in [-0.2, -0.15) is 0 Å². The molecule has 0 aliphatic carbocycles. The number of likely N-dealkylation sites (tertiary alicyclic amines) is 1. The topological polar surface area (TPSA) is 66.8 Å². The third-order valence-electron chi connectivity index (χ3n) is 3.74. The molecule has 0 aromatic heterocycles. The summed E-state index contributed by atoms with van der Waals surface area (Å²) in [6.45, 7) is 8.51. The zero-order chi connectivity index (χ0) is 16.5. The minimum absolute atomic E-state index is 0.0232. The summed E-state index contributed by atoms with van der Waals surface area (Å²) in [6.07, 6.45) is 0. The van der Waals surface area contributed by atoms with Crippen LogP contribution < -0.4 is 4.74 Å². The molecule has 1 aliphatic heterocycles. The Morgan fingerprint density at radius 3 is 2.23 bits per heavy atom. The van der Waals surface area contributed by atoms with Crippen LogP contribution in [0.1, 0.15) is 38.1 Å². The molecule has 1 aromatic rings. The number of hydrogen-bond acceptors (Lipinski definition) is 3. The van der Waals surface area contributed by atoms with Gasteiger partial charge in [-0.25, -0.2) is 0 Å². The Hall–Kier alpha value is -2.04. The van der Waals surface area contributed by atoms with Crippen molar-refractivity contribution >= 4 is 11.9 Å². The molecule has 1 aromatic carbocycles. The Balaban J connectivity index is 2.06. The first-order chi connectivity index (χ1) is 10.2. The van der Waals surface area contributed by atoms with E-state index in [2.05, 4.69) is 0 Å². The third-order valence-corrected chi connectivity index (χ3v) is 3.74. The summed E-state index contributed by atoms with van der Waals surface area (Å²) in [7, 11) is 0. The van der Waals surface area contributed by atoms with E-state index in [1.165, 1.54) is 0 Å². The van der Waals surface area contributed by atoms with E-state index in [9.17, 15) is 9.59 Å². The number of carboxylic acid groups (broad SMARTS) is 1. The second-order valence-electron chi connectivity index (χ2n) is 6.87. The first kappa shape index (κ1) is 16.3. The number of hydrogen-bond donors (Lipinski definition) is 1. The predicted molar refractivity (Wildman–Crippen MR) is 83.0 cm³/mol. The van der Waals surface area contributed by atoms with Gasteiger partial charge in [-0.15, -0.1) is 0 Å². The fraction of sp³-hybridized carbons (Fsp3) is 0.529. The fourth-order valence-corrected chi connectivity index (χ4v) is 2.66. The smallest absolute Gasteiger partial charge is 0.308 e. The lowest BCUT2D eigenvalue weighted by atomic mass is 9.99. The van der Waals surface area contributed by atoms with Crippen molar-refractivity contribution < 1.29 is 19.4 Å². The van der Waals surface area contributed by atoms with E-state index in [-0.39, 0.29) is 24.0 Å². The molecule has 1 N–H and O–H groups in total. The molecule has 2 atom stereocenters. The van der Waals surface area contributed by atoms with Crippen molar-refractivity contribution in [2.75, 3.05) is 13.1 Å². The third kappa shape index (κ3) is 3.78. The highest BCUT2D eigenvalue weighted by atomic mass is 16.5. The SMILES string of the molecule is C[C@@H]1CN(C(=O)c2ccc(OC(C)(C)C)cc2)C[C@H]1C(=O)O. The zero-order valence-corrected chi connectivity index (χ0v) is 13.5. The highest BCUT2D eigenvalue weighted by Gasteiger charge is 2.37. The van der Waals surface area contributed by atoms with Crippen molar-refractivity contribution in [3.05, 3.63) is 29.8 Å². The van der Waals surface area contributed by atoms with E-state index in [1.54, 1.807) is 29.2 Å². The molecular formula is C17H23NO4. The summed E-state index contributed by atoms with van der Waals surface area (Å²) in [4.78, 5) is 25.2. The van der Waals surface area contributed by atoms with Gasteiger partial charge in [0.1, 0.15) is 11.4 Å². The van der Waals surface area contributed by atoms with Crippen molar-refractivity contribution in [2.45, 2.75) is 33.3 Å². The minimum Gasteiger partial charge on any atom is -0.488 e. The number of carbonyl (C=O) groups is 2. The number of benzene rings is 1. The van der Waals surface area contributed by atoms with E-state index in [0.717, 1.165) is 0 Å². The second-order valence-corrected chi connectivity index (χ2v) is 6.87. The molecule has 120 valence electrons. The van der Waals surface area contributed by atoms with Crippen molar-refractivity contribution in [1.29, 1.82) is 0 Å². The number of aliphatic carboxylic acids is 1. The molecule has 0 spiro atoms. The van der Waals surface area contributed by atoms with Gasteiger partial charge in [0.05, 0.1) is 5.92 Å². The van der Waals surface area contributed by atoms with Gasteiger partial charge in [0.2, 0.25) is 0 Å². The second kappa shape index (κ2) is 5.99. The molecule has 5 nitrogen and oxygen atoms in total. The van der Waals surface area contributed by atoms with E-state index in [1.807, 2.05) is 27.7 Å². The molecule has 0 radical (unpaired) electrons. The Morgan fingerprint density at radius 1 is 1.18 bits per heavy atom. The van der Waals surface area contributed by atoms with Crippen LogP contribution in [-0.4, -0.2) is 40.6 Å². The fourth-order valence-electron chi connectivity index (χ4n) is 2.66. The first-order valence-electron chi connectivity index (χ1n) is 7.48. The van der Waals surface area contributed by atoms with Crippen LogP contribution in [0.2, 0.25) is 0 Å². The van der Waals surface area contributed by atoms with Gasteiger partial charge in [0.25, 0.3) is 5.91 Å². The van der Waals surface area contributed by atoms with Crippen molar-refractivity contribution in [3.8, 4) is 5.75 Å². The molecule has 22 heavy (non-hydrogen) atoms. The van der Waals surface area contributed by atoms with Gasteiger partial charge in [-0.3, -0.25) is 9.59 Å². The number of carbonyl (C=O) groups excluding carboxylic acids is 1. The van der Waals surface area contributed by atoms with E-state index in [4.69, 9.17) is 9.84 Å². The Kier molecular flexibility index (Phi) is 4.44. The van der Waals surface area contributed by atoms with Crippen LogP contribution in [0.4, 0.5) is 0 Å². The molecule has 1 amide bonds. The van der Waals surface area contributed by atoms with E-state index in [0.29, 0.717) is 17.9 Å². The summed E-state index contributed by atoms with van der Waals surface area (Å²) in [5.41, 5.74) is 0.268. The molecule has 1 heterocycles. The van der Waals surface area contributed by atoms with Crippen LogP contribution in [0.15, 0.2) is 24.3 Å². The Bertz CT molecular complexity index is 559. The molecule has 0 bridgehead atoms. The number of nitrogens with zero attached hydrogens (tertiary/aromatic N) is 1. The maximum atomic E-state index is 12.4. The monoisotopic (exact) mass is 305 g/mol. The predicted octanol–water partition coefficient (Wildman–Crippen LogP) is 2.66. The summed E-state index contributed by atoms with van der Waals surface area (Å²) in [5.74, 6) is -0.755. The first-order valence-corrected chi connectivity index (χ1v) is 7.48. The summed E-state index contributed by atoms with van der Waals surface area (Å²) in [5, 5.41) is 9.14. The van der Waals surface area contributed by atoms with Gasteiger partial charge in [0, 0.05) is 18.7 Å². The molecule has 1 saturated heterocycles. The molecule has 1 fully saturated rings. The van der Waals surface area contributed by atoms with Crippen LogP contribution in [0.5, 0.6) is 5.75 Å². The molecule has 0 saturated carbocycles. The quantitative estimate of drug-likeness (QED) is 0.932. The largest absolute Gasteiger partial charge is 0.488 e. The van der Waals surface area contributed by atoms with Gasteiger partial charge >= 0.3 is 5.97 Å². The minimum atomic E-state index is -0.836. The number of ether oxygens (including phenoxy) is 1. The molecular weight excluding hydrogens is 282 g/mol. The van der Waals surface area contributed by atoms with Crippen molar-refractivity contribution in [3.63, 3.8) is 0 Å². The van der Waals surface area contributed by atoms with Crippen LogP contribution in [0.25, 0.3) is 0 Å². The van der Waals surface area contributed by atoms with Gasteiger partial charge in [0.15, 0.2) is 0 Å². The normalized spacial score (nSPS) is 21.7. The molecule has 2 rings (SSSR count). The number of carboxylic acids is 1. The lowest BCUT2D eigenvalue weighted by Crippen LogP contribution is -2.30. The summed E-state index contributed by atoms with van der Waals surface area (Å²) in [6, 6.07) is 6.99. The van der Waals surface area contributed by atoms with Crippen LogP contribution in [0.3, 0.4) is 0 Å². The van der Waals surface area contributed by atoms with Gasteiger partial charge in [-0.05, 0) is 51.0 Å². The van der Waals surface area contributed by atoms with Crippen molar-refractivity contribution in [2.24, 2.45) is 11.8 Å². The average Bonchev–Trinajstić information content (AvgIpc) is 2.79. The standard InChI is InChI=1S/C17H23NO4/c1-11-9-18(10-14(11)16(20)21)15(19)12-5-7-13(8-6-12)22-17(2,3)4/h5-8,11,14H,9-10H2,1-4H3,(H,20,21)/t11-,14-/m1/s1.